The Labute approximate surface area is 120 Å². The van der Waals surface area contributed by atoms with Gasteiger partial charge in [0.15, 0.2) is 0 Å². The number of hydrogen-bond acceptors (Lipinski definition) is 2. The molecule has 1 aromatic carbocycles. The number of benzene rings is 1. The van der Waals surface area contributed by atoms with Gasteiger partial charge >= 0.3 is 0 Å². The van der Waals surface area contributed by atoms with Crippen molar-refractivity contribution in [1.29, 1.82) is 0 Å². The van der Waals surface area contributed by atoms with Gasteiger partial charge < -0.3 is 5.32 Å². The molecule has 2 aliphatic carbocycles. The molecule has 3 aliphatic rings. The normalized spacial score (nSPS) is 27.9. The molecule has 1 aliphatic heterocycles. The molecule has 1 nitrogen and oxygen atoms in total. The third-order valence-electron chi connectivity index (χ3n) is 5.13. The number of fused-ring (bicyclic) bond motifs is 1. The number of nitrogens with one attached hydrogen (secondary N) is 1. The third-order valence-corrected chi connectivity index (χ3v) is 6.45. The van der Waals surface area contributed by atoms with Crippen LogP contribution in [-0.2, 0) is 6.42 Å². The molecule has 1 atom stereocenters. The van der Waals surface area contributed by atoms with Gasteiger partial charge in [0.25, 0.3) is 0 Å². The molecule has 1 N–H and O–H groups in total. The van der Waals surface area contributed by atoms with Gasteiger partial charge in [-0.05, 0) is 55.6 Å². The minimum atomic E-state index is 0.641. The summed E-state index contributed by atoms with van der Waals surface area (Å²) in [6.45, 7) is 1.28. The zero-order chi connectivity index (χ0) is 12.7. The highest BCUT2D eigenvalue weighted by Crippen LogP contribution is 2.50. The monoisotopic (exact) mass is 273 g/mol. The molecule has 0 radical (unpaired) electrons. The summed E-state index contributed by atoms with van der Waals surface area (Å²) in [5, 5.41) is 4.62. The average molecular weight is 273 g/mol. The molecule has 0 amide bonds. The molecule has 1 unspecified atom stereocenters. The molecule has 0 spiro atoms. The van der Waals surface area contributed by atoms with E-state index in [1.807, 2.05) is 0 Å². The molecule has 2 heteroatoms. The number of rotatable bonds is 5. The van der Waals surface area contributed by atoms with E-state index in [9.17, 15) is 0 Å². The molecule has 2 saturated carbocycles. The molecule has 4 rings (SSSR count). The van der Waals surface area contributed by atoms with Crippen LogP contribution < -0.4 is 5.32 Å². The molecule has 19 heavy (non-hydrogen) atoms. The summed E-state index contributed by atoms with van der Waals surface area (Å²) >= 11 is 2.13. The van der Waals surface area contributed by atoms with Crippen molar-refractivity contribution in [2.45, 2.75) is 61.1 Å². The van der Waals surface area contributed by atoms with E-state index < -0.39 is 0 Å². The minimum absolute atomic E-state index is 0.641. The molecule has 0 aromatic heterocycles. The van der Waals surface area contributed by atoms with Gasteiger partial charge in [-0.25, -0.2) is 0 Å². The Morgan fingerprint density at radius 1 is 1.21 bits per heavy atom. The van der Waals surface area contributed by atoms with Gasteiger partial charge in [-0.15, -0.1) is 11.8 Å². The number of thioether (sulfide) groups is 1. The van der Waals surface area contributed by atoms with Crippen molar-refractivity contribution in [3.05, 3.63) is 29.8 Å². The van der Waals surface area contributed by atoms with E-state index in [0.29, 0.717) is 5.41 Å². The van der Waals surface area contributed by atoms with Crippen LogP contribution in [0, 0.1) is 5.41 Å². The Kier molecular flexibility index (Phi) is 3.12. The third kappa shape index (κ3) is 2.57. The standard InChI is InChI=1S/C17H23NS/c1-2-5-16-13(4-1)10-15(19-16)11-17(8-3-9-17)12-18-14-6-7-14/h1-2,4-5,14-15,18H,3,6-12H2. The molecule has 0 saturated heterocycles. The van der Waals surface area contributed by atoms with Crippen LogP contribution in [0.3, 0.4) is 0 Å². The predicted octanol–water partition coefficient (Wildman–Crippen LogP) is 4.02. The van der Waals surface area contributed by atoms with Gasteiger partial charge in [0.05, 0.1) is 0 Å². The Morgan fingerprint density at radius 3 is 2.74 bits per heavy atom. The Morgan fingerprint density at radius 2 is 2.05 bits per heavy atom. The molecule has 0 bridgehead atoms. The summed E-state index contributed by atoms with van der Waals surface area (Å²) in [6.07, 6.45) is 9.93. The zero-order valence-electron chi connectivity index (χ0n) is 11.5. The van der Waals surface area contributed by atoms with E-state index in [2.05, 4.69) is 41.3 Å². The first-order chi connectivity index (χ1) is 9.33. The Balaban J connectivity index is 1.38. The first-order valence-electron chi connectivity index (χ1n) is 7.81. The van der Waals surface area contributed by atoms with Gasteiger partial charge in [-0.3, -0.25) is 0 Å². The van der Waals surface area contributed by atoms with Crippen molar-refractivity contribution < 1.29 is 0 Å². The van der Waals surface area contributed by atoms with Crippen LogP contribution in [-0.4, -0.2) is 17.8 Å². The maximum atomic E-state index is 3.79. The largest absolute Gasteiger partial charge is 0.313 e. The van der Waals surface area contributed by atoms with Crippen molar-refractivity contribution >= 4 is 11.8 Å². The second-order valence-corrected chi connectivity index (χ2v) is 8.11. The van der Waals surface area contributed by atoms with Gasteiger partial charge in [0.1, 0.15) is 0 Å². The minimum Gasteiger partial charge on any atom is -0.313 e. The fourth-order valence-corrected chi connectivity index (χ4v) is 5.15. The molecule has 1 aromatic rings. The topological polar surface area (TPSA) is 12.0 Å². The van der Waals surface area contributed by atoms with Gasteiger partial charge in [0, 0.05) is 22.7 Å². The van der Waals surface area contributed by atoms with Crippen LogP contribution in [0.2, 0.25) is 0 Å². The van der Waals surface area contributed by atoms with E-state index in [4.69, 9.17) is 0 Å². The van der Waals surface area contributed by atoms with Crippen LogP contribution in [0.15, 0.2) is 29.2 Å². The van der Waals surface area contributed by atoms with E-state index in [0.717, 1.165) is 11.3 Å². The quantitative estimate of drug-likeness (QED) is 0.869. The Bertz CT molecular complexity index is 437. The zero-order valence-corrected chi connectivity index (χ0v) is 12.3. The predicted molar refractivity (Wildman–Crippen MR) is 81.7 cm³/mol. The maximum Gasteiger partial charge on any atom is 0.0141 e. The molecular formula is C17H23NS. The summed E-state index contributed by atoms with van der Waals surface area (Å²) in [4.78, 5) is 1.54. The lowest BCUT2D eigenvalue weighted by atomic mass is 9.65. The van der Waals surface area contributed by atoms with Crippen LogP contribution in [0.4, 0.5) is 0 Å². The summed E-state index contributed by atoms with van der Waals surface area (Å²) in [6, 6.07) is 9.86. The van der Waals surface area contributed by atoms with E-state index in [1.54, 1.807) is 5.56 Å². The molecule has 1 heterocycles. The Hall–Kier alpha value is -0.470. The highest BCUT2D eigenvalue weighted by atomic mass is 32.2. The van der Waals surface area contributed by atoms with Crippen LogP contribution >= 0.6 is 11.8 Å². The van der Waals surface area contributed by atoms with Crippen LogP contribution in [0.1, 0.15) is 44.1 Å². The van der Waals surface area contributed by atoms with E-state index in [-0.39, 0.29) is 0 Å². The van der Waals surface area contributed by atoms with Crippen molar-refractivity contribution in [3.63, 3.8) is 0 Å². The van der Waals surface area contributed by atoms with Crippen molar-refractivity contribution in [3.8, 4) is 0 Å². The van der Waals surface area contributed by atoms with Crippen LogP contribution in [0.5, 0.6) is 0 Å². The summed E-state index contributed by atoms with van der Waals surface area (Å²) in [7, 11) is 0. The van der Waals surface area contributed by atoms with Gasteiger partial charge in [0.2, 0.25) is 0 Å². The SMILES string of the molecule is c1ccc2c(c1)CC(CC1(CNC3CC3)CCC1)S2. The van der Waals surface area contributed by atoms with Crippen LogP contribution in [0.25, 0.3) is 0 Å². The smallest absolute Gasteiger partial charge is 0.0141 e. The molecule has 2 fully saturated rings. The average Bonchev–Trinajstić information content (AvgIpc) is 3.11. The first kappa shape index (κ1) is 12.3. The van der Waals surface area contributed by atoms with Gasteiger partial charge in [-0.1, -0.05) is 24.6 Å². The fraction of sp³-hybridized carbons (Fsp3) is 0.647. The van der Waals surface area contributed by atoms with E-state index >= 15 is 0 Å². The maximum absolute atomic E-state index is 3.79. The summed E-state index contributed by atoms with van der Waals surface area (Å²) < 4.78 is 0. The lowest BCUT2D eigenvalue weighted by Gasteiger charge is -2.44. The molecule has 102 valence electrons. The second kappa shape index (κ2) is 4.82. The molecular weight excluding hydrogens is 250 g/mol. The second-order valence-electron chi connectivity index (χ2n) is 6.76. The number of hydrogen-bond donors (Lipinski definition) is 1. The van der Waals surface area contributed by atoms with Crippen molar-refractivity contribution in [2.75, 3.05) is 6.54 Å². The summed E-state index contributed by atoms with van der Waals surface area (Å²) in [5.41, 5.74) is 2.23. The summed E-state index contributed by atoms with van der Waals surface area (Å²) in [5.74, 6) is 0. The lowest BCUT2D eigenvalue weighted by Crippen LogP contribution is -2.42. The van der Waals surface area contributed by atoms with Gasteiger partial charge in [-0.2, -0.15) is 0 Å². The fourth-order valence-electron chi connectivity index (χ4n) is 3.63. The van der Waals surface area contributed by atoms with Crippen molar-refractivity contribution in [2.24, 2.45) is 5.41 Å². The van der Waals surface area contributed by atoms with E-state index in [1.165, 1.54) is 56.4 Å². The first-order valence-corrected chi connectivity index (χ1v) is 8.69. The van der Waals surface area contributed by atoms with Crippen molar-refractivity contribution in [1.82, 2.24) is 5.32 Å². The lowest BCUT2D eigenvalue weighted by molar-refractivity contribution is 0.116. The highest BCUT2D eigenvalue weighted by Gasteiger charge is 2.41. The highest BCUT2D eigenvalue weighted by molar-refractivity contribution is 8.00.